The fourth-order valence-corrected chi connectivity index (χ4v) is 2.86. The molecule has 4 heteroatoms. The second-order valence-electron chi connectivity index (χ2n) is 5.08. The van der Waals surface area contributed by atoms with Gasteiger partial charge in [-0.2, -0.15) is 5.26 Å². The van der Waals surface area contributed by atoms with Gasteiger partial charge >= 0.3 is 0 Å². The van der Waals surface area contributed by atoms with Crippen LogP contribution in [0.25, 0.3) is 10.8 Å². The molecule has 0 radical (unpaired) electrons. The summed E-state index contributed by atoms with van der Waals surface area (Å²) in [6.07, 6.45) is 0.329. The topological polar surface area (TPSA) is 52.9 Å². The molecule has 3 aromatic carbocycles. The van der Waals surface area contributed by atoms with Crippen LogP contribution in [0.3, 0.4) is 0 Å². The molecule has 0 aliphatic heterocycles. The highest BCUT2D eigenvalue weighted by molar-refractivity contribution is 8.03. The van der Waals surface area contributed by atoms with Crippen molar-refractivity contribution in [2.45, 2.75) is 11.3 Å². The van der Waals surface area contributed by atoms with E-state index in [4.69, 9.17) is 5.26 Å². The molecule has 1 amide bonds. The van der Waals surface area contributed by atoms with Crippen LogP contribution in [0.15, 0.2) is 71.6 Å². The summed E-state index contributed by atoms with van der Waals surface area (Å²) in [6.45, 7) is 0. The SMILES string of the molecule is N#CSc1ccc(NC(=O)Cc2cccc3ccccc23)cc1. The Kier molecular flexibility index (Phi) is 4.60. The fourth-order valence-electron chi connectivity index (χ4n) is 2.48. The van der Waals surface area contributed by atoms with E-state index < -0.39 is 0 Å². The van der Waals surface area contributed by atoms with E-state index in [9.17, 15) is 4.79 Å². The molecule has 0 aliphatic rings. The van der Waals surface area contributed by atoms with E-state index in [-0.39, 0.29) is 5.91 Å². The Morgan fingerprint density at radius 3 is 2.52 bits per heavy atom. The van der Waals surface area contributed by atoms with Crippen molar-refractivity contribution in [1.82, 2.24) is 0 Å². The van der Waals surface area contributed by atoms with E-state index >= 15 is 0 Å². The summed E-state index contributed by atoms with van der Waals surface area (Å²) in [4.78, 5) is 13.1. The van der Waals surface area contributed by atoms with Crippen molar-refractivity contribution in [3.63, 3.8) is 0 Å². The minimum Gasteiger partial charge on any atom is -0.326 e. The Morgan fingerprint density at radius 1 is 1.00 bits per heavy atom. The number of amides is 1. The second kappa shape index (κ2) is 6.99. The number of carbonyl (C=O) groups is 1. The third-order valence-corrected chi connectivity index (χ3v) is 4.13. The van der Waals surface area contributed by atoms with Gasteiger partial charge in [0.25, 0.3) is 0 Å². The summed E-state index contributed by atoms with van der Waals surface area (Å²) in [6, 6.07) is 21.3. The number of thiocyanates is 1. The number of nitriles is 1. The number of benzene rings is 3. The molecular formula is C19H14N2OS. The van der Waals surface area contributed by atoms with Crippen molar-refractivity contribution in [3.8, 4) is 5.40 Å². The second-order valence-corrected chi connectivity index (χ2v) is 5.94. The number of thioether (sulfide) groups is 1. The zero-order valence-electron chi connectivity index (χ0n) is 12.3. The third kappa shape index (κ3) is 3.71. The van der Waals surface area contributed by atoms with E-state index in [1.807, 2.05) is 60.0 Å². The average Bonchev–Trinajstić information content (AvgIpc) is 2.57. The van der Waals surface area contributed by atoms with Gasteiger partial charge in [0.15, 0.2) is 0 Å². The lowest BCUT2D eigenvalue weighted by molar-refractivity contribution is -0.115. The van der Waals surface area contributed by atoms with Crippen molar-refractivity contribution in [3.05, 3.63) is 72.3 Å². The van der Waals surface area contributed by atoms with Crippen molar-refractivity contribution in [1.29, 1.82) is 5.26 Å². The lowest BCUT2D eigenvalue weighted by Gasteiger charge is -2.08. The van der Waals surface area contributed by atoms with Gasteiger partial charge in [0.2, 0.25) is 5.91 Å². The van der Waals surface area contributed by atoms with Crippen molar-refractivity contribution in [2.75, 3.05) is 5.32 Å². The summed E-state index contributed by atoms with van der Waals surface area (Å²) in [5.74, 6) is -0.0537. The molecule has 0 heterocycles. The Labute approximate surface area is 138 Å². The summed E-state index contributed by atoms with van der Waals surface area (Å²) in [5, 5.41) is 15.8. The Balaban J connectivity index is 1.72. The zero-order chi connectivity index (χ0) is 16.1. The maximum Gasteiger partial charge on any atom is 0.228 e. The van der Waals surface area contributed by atoms with Crippen LogP contribution in [0, 0.1) is 10.7 Å². The van der Waals surface area contributed by atoms with Crippen molar-refractivity contribution in [2.24, 2.45) is 0 Å². The fraction of sp³-hybridized carbons (Fsp3) is 0.0526. The van der Waals surface area contributed by atoms with Crippen molar-refractivity contribution < 1.29 is 4.79 Å². The normalized spacial score (nSPS) is 10.2. The molecule has 0 saturated carbocycles. The van der Waals surface area contributed by atoms with Gasteiger partial charge < -0.3 is 5.32 Å². The minimum absolute atomic E-state index is 0.0537. The molecule has 0 saturated heterocycles. The van der Waals surface area contributed by atoms with Gasteiger partial charge in [0, 0.05) is 10.6 Å². The highest BCUT2D eigenvalue weighted by Gasteiger charge is 2.07. The molecule has 0 unspecified atom stereocenters. The van der Waals surface area contributed by atoms with Gasteiger partial charge in [-0.05, 0) is 52.4 Å². The van der Waals surface area contributed by atoms with Crippen LogP contribution in [-0.4, -0.2) is 5.91 Å². The summed E-state index contributed by atoms with van der Waals surface area (Å²) < 4.78 is 0. The Hall–Kier alpha value is -2.77. The minimum atomic E-state index is -0.0537. The number of nitrogens with one attached hydrogen (secondary N) is 1. The summed E-state index contributed by atoms with van der Waals surface area (Å²) in [5.41, 5.74) is 1.75. The lowest BCUT2D eigenvalue weighted by Crippen LogP contribution is -2.14. The van der Waals surface area contributed by atoms with Gasteiger partial charge in [0.1, 0.15) is 5.40 Å². The van der Waals surface area contributed by atoms with Crippen LogP contribution >= 0.6 is 11.8 Å². The molecule has 0 atom stereocenters. The Bertz CT molecular complexity index is 877. The molecule has 3 aromatic rings. The van der Waals surface area contributed by atoms with E-state index in [0.717, 1.165) is 38.7 Å². The first kappa shape index (κ1) is 15.1. The molecule has 0 aliphatic carbocycles. The first-order valence-corrected chi connectivity index (χ1v) is 8.00. The highest BCUT2D eigenvalue weighted by atomic mass is 32.2. The van der Waals surface area contributed by atoms with Crippen molar-refractivity contribution >= 4 is 34.1 Å². The molecule has 3 rings (SSSR count). The van der Waals surface area contributed by atoms with Crippen LogP contribution in [0.1, 0.15) is 5.56 Å². The van der Waals surface area contributed by atoms with Gasteiger partial charge in [-0.15, -0.1) is 0 Å². The van der Waals surface area contributed by atoms with Crippen LogP contribution < -0.4 is 5.32 Å². The molecule has 0 spiro atoms. The monoisotopic (exact) mass is 318 g/mol. The first-order chi connectivity index (χ1) is 11.3. The number of carbonyl (C=O) groups excluding carboxylic acids is 1. The molecule has 1 N–H and O–H groups in total. The Morgan fingerprint density at radius 2 is 1.74 bits per heavy atom. The standard InChI is InChI=1S/C19H14N2OS/c20-13-23-17-10-8-16(9-11-17)21-19(22)12-15-6-3-5-14-4-1-2-7-18(14)15/h1-11H,12H2,(H,21,22). The summed E-state index contributed by atoms with van der Waals surface area (Å²) >= 11 is 1.10. The van der Waals surface area contributed by atoms with Gasteiger partial charge in [0.05, 0.1) is 6.42 Å². The molecule has 112 valence electrons. The number of nitrogens with zero attached hydrogens (tertiary/aromatic N) is 1. The predicted molar refractivity (Wildman–Crippen MR) is 94.2 cm³/mol. The largest absolute Gasteiger partial charge is 0.326 e. The zero-order valence-corrected chi connectivity index (χ0v) is 13.1. The number of rotatable bonds is 4. The number of fused-ring (bicyclic) bond motifs is 1. The number of anilines is 1. The molecule has 3 nitrogen and oxygen atoms in total. The van der Waals surface area contributed by atoms with E-state index in [1.165, 1.54) is 0 Å². The average molecular weight is 318 g/mol. The van der Waals surface area contributed by atoms with Crippen LogP contribution in [-0.2, 0) is 11.2 Å². The van der Waals surface area contributed by atoms with Crippen LogP contribution in [0.2, 0.25) is 0 Å². The smallest absolute Gasteiger partial charge is 0.228 e. The van der Waals surface area contributed by atoms with Gasteiger partial charge in [-0.25, -0.2) is 0 Å². The first-order valence-electron chi connectivity index (χ1n) is 7.19. The molecule has 0 fully saturated rings. The van der Waals surface area contributed by atoms with E-state index in [2.05, 4.69) is 5.32 Å². The third-order valence-electron chi connectivity index (χ3n) is 3.53. The van der Waals surface area contributed by atoms with Crippen LogP contribution in [0.4, 0.5) is 5.69 Å². The molecule has 0 aromatic heterocycles. The maximum absolute atomic E-state index is 12.3. The molecule has 23 heavy (non-hydrogen) atoms. The van der Waals surface area contributed by atoms with Gasteiger partial charge in [-0.3, -0.25) is 4.79 Å². The quantitative estimate of drug-likeness (QED) is 0.565. The molecular weight excluding hydrogens is 304 g/mol. The number of hydrogen-bond donors (Lipinski definition) is 1. The van der Waals surface area contributed by atoms with Gasteiger partial charge in [-0.1, -0.05) is 42.5 Å². The molecule has 0 bridgehead atoms. The summed E-state index contributed by atoms with van der Waals surface area (Å²) in [7, 11) is 0. The number of hydrogen-bond acceptors (Lipinski definition) is 3. The maximum atomic E-state index is 12.3. The predicted octanol–water partition coefficient (Wildman–Crippen LogP) is 4.59. The van der Waals surface area contributed by atoms with E-state index in [0.29, 0.717) is 6.42 Å². The highest BCUT2D eigenvalue weighted by Crippen LogP contribution is 2.21. The lowest BCUT2D eigenvalue weighted by atomic mass is 10.0. The van der Waals surface area contributed by atoms with E-state index in [1.54, 1.807) is 12.1 Å². The van der Waals surface area contributed by atoms with Crippen LogP contribution in [0.5, 0.6) is 0 Å².